The normalized spacial score (nSPS) is 19.0. The van der Waals surface area contributed by atoms with E-state index in [9.17, 15) is 9.59 Å². The highest BCUT2D eigenvalue weighted by Gasteiger charge is 2.22. The first-order valence-electron chi connectivity index (χ1n) is 11.1. The highest BCUT2D eigenvalue weighted by atomic mass is 16.5. The van der Waals surface area contributed by atoms with Crippen molar-refractivity contribution in [2.45, 2.75) is 26.4 Å². The Hall–Kier alpha value is -2.65. The topological polar surface area (TPSA) is 98.3 Å². The molecule has 0 aromatic heterocycles. The number of rotatable bonds is 7. The van der Waals surface area contributed by atoms with Crippen LogP contribution in [0.3, 0.4) is 0 Å². The molecule has 0 saturated carbocycles. The Morgan fingerprint density at radius 3 is 2.61 bits per heavy atom. The fraction of sp³-hybridized carbons (Fsp3) is 0.591. The number of hydrogen-bond acceptors (Lipinski definition) is 5. The smallest absolute Gasteiger partial charge is 0.254 e. The lowest BCUT2D eigenvalue weighted by Gasteiger charge is -2.32. The average molecular weight is 431 g/mol. The summed E-state index contributed by atoms with van der Waals surface area (Å²) in [5.41, 5.74) is 1.61. The Kier molecular flexibility index (Phi) is 8.66. The number of hydrogen-bond donors (Lipinski definition) is 3. The molecule has 9 heteroatoms. The summed E-state index contributed by atoms with van der Waals surface area (Å²) >= 11 is 0. The molecule has 9 nitrogen and oxygen atoms in total. The van der Waals surface area contributed by atoms with Gasteiger partial charge in [-0.1, -0.05) is 12.1 Å². The number of carbonyl (C=O) groups is 2. The van der Waals surface area contributed by atoms with Gasteiger partial charge in [0, 0.05) is 50.9 Å². The minimum Gasteiger partial charge on any atom is -0.379 e. The Morgan fingerprint density at radius 1 is 1.19 bits per heavy atom. The summed E-state index contributed by atoms with van der Waals surface area (Å²) in [7, 11) is 0. The third-order valence-electron chi connectivity index (χ3n) is 5.52. The van der Waals surface area contributed by atoms with Crippen molar-refractivity contribution in [3.05, 3.63) is 35.4 Å². The zero-order chi connectivity index (χ0) is 22.1. The second-order valence-corrected chi connectivity index (χ2v) is 7.85. The van der Waals surface area contributed by atoms with Gasteiger partial charge in [-0.2, -0.15) is 0 Å². The number of aliphatic imine (C=N–C) groups is 1. The van der Waals surface area contributed by atoms with Crippen LogP contribution in [0, 0.1) is 0 Å². The number of nitrogens with zero attached hydrogens (tertiary/aromatic N) is 3. The van der Waals surface area contributed by atoms with Crippen LogP contribution in [0.2, 0.25) is 0 Å². The summed E-state index contributed by atoms with van der Waals surface area (Å²) in [4.78, 5) is 32.8. The number of amides is 2. The van der Waals surface area contributed by atoms with Crippen LogP contribution in [-0.2, 0) is 16.1 Å². The summed E-state index contributed by atoms with van der Waals surface area (Å²) in [5, 5.41) is 9.44. The van der Waals surface area contributed by atoms with Gasteiger partial charge in [-0.15, -0.1) is 0 Å². The van der Waals surface area contributed by atoms with Gasteiger partial charge in [0.25, 0.3) is 5.91 Å². The molecule has 0 bridgehead atoms. The molecule has 1 aromatic rings. The zero-order valence-corrected chi connectivity index (χ0v) is 18.5. The number of carbonyl (C=O) groups excluding carboxylic acids is 2. The van der Waals surface area contributed by atoms with Gasteiger partial charge in [0.05, 0.1) is 26.3 Å². The van der Waals surface area contributed by atoms with Crippen molar-refractivity contribution in [3.8, 4) is 0 Å². The molecule has 2 aliphatic heterocycles. The summed E-state index contributed by atoms with van der Waals surface area (Å²) in [6.07, 6.45) is 0. The number of ether oxygens (including phenoxy) is 1. The summed E-state index contributed by atoms with van der Waals surface area (Å²) in [6.45, 7) is 11.0. The predicted molar refractivity (Wildman–Crippen MR) is 120 cm³/mol. The van der Waals surface area contributed by atoms with Crippen molar-refractivity contribution < 1.29 is 14.3 Å². The first kappa shape index (κ1) is 23.0. The van der Waals surface area contributed by atoms with E-state index in [0.29, 0.717) is 31.2 Å². The molecule has 2 saturated heterocycles. The quantitative estimate of drug-likeness (QED) is 0.417. The minimum atomic E-state index is -0.114. The van der Waals surface area contributed by atoms with Crippen molar-refractivity contribution in [3.63, 3.8) is 0 Å². The van der Waals surface area contributed by atoms with Crippen LogP contribution in [0.4, 0.5) is 0 Å². The molecule has 2 heterocycles. The van der Waals surface area contributed by atoms with E-state index in [1.54, 1.807) is 17.0 Å². The fourth-order valence-corrected chi connectivity index (χ4v) is 3.65. The van der Waals surface area contributed by atoms with E-state index < -0.39 is 0 Å². The lowest BCUT2D eigenvalue weighted by Crippen LogP contribution is -2.49. The van der Waals surface area contributed by atoms with Crippen LogP contribution in [0.15, 0.2) is 29.3 Å². The predicted octanol–water partition coefficient (Wildman–Crippen LogP) is 0.0344. The Bertz CT molecular complexity index is 761. The largest absolute Gasteiger partial charge is 0.379 e. The molecule has 170 valence electrons. The molecule has 2 amide bonds. The van der Waals surface area contributed by atoms with Crippen LogP contribution >= 0.6 is 0 Å². The van der Waals surface area contributed by atoms with Gasteiger partial charge >= 0.3 is 0 Å². The van der Waals surface area contributed by atoms with E-state index in [-0.39, 0.29) is 18.4 Å². The van der Waals surface area contributed by atoms with Gasteiger partial charge in [-0.25, -0.2) is 4.99 Å². The standard InChI is InChI=1S/C22H34N6O3/c1-3-23-22(25-14-17(2)27-10-12-31-13-11-27)26-15-18-4-6-19(7-5-18)21(30)28-9-8-24-20(29)16-28/h4-7,17H,3,8-16H2,1-2H3,(H,24,29)(H2,23,25,26). The van der Waals surface area contributed by atoms with Gasteiger partial charge in [0.15, 0.2) is 5.96 Å². The van der Waals surface area contributed by atoms with E-state index in [1.165, 1.54) is 0 Å². The zero-order valence-electron chi connectivity index (χ0n) is 18.5. The summed E-state index contributed by atoms with van der Waals surface area (Å²) in [5.74, 6) is 0.552. The van der Waals surface area contributed by atoms with E-state index >= 15 is 0 Å². The molecule has 31 heavy (non-hydrogen) atoms. The molecule has 1 unspecified atom stereocenters. The van der Waals surface area contributed by atoms with Crippen LogP contribution in [0.5, 0.6) is 0 Å². The van der Waals surface area contributed by atoms with E-state index in [1.807, 2.05) is 19.1 Å². The fourth-order valence-electron chi connectivity index (χ4n) is 3.65. The minimum absolute atomic E-state index is 0.114. The van der Waals surface area contributed by atoms with Crippen molar-refractivity contribution in [1.82, 2.24) is 25.8 Å². The van der Waals surface area contributed by atoms with Gasteiger partial charge < -0.3 is 25.6 Å². The average Bonchev–Trinajstić information content (AvgIpc) is 2.81. The Morgan fingerprint density at radius 2 is 1.94 bits per heavy atom. The molecule has 3 rings (SSSR count). The molecule has 0 spiro atoms. The number of piperazine rings is 1. The first-order chi connectivity index (χ1) is 15.1. The van der Waals surface area contributed by atoms with E-state index in [0.717, 1.165) is 50.9 Å². The molecule has 0 radical (unpaired) electrons. The van der Waals surface area contributed by atoms with Gasteiger partial charge in [0.2, 0.25) is 5.91 Å². The second-order valence-electron chi connectivity index (χ2n) is 7.85. The third-order valence-corrected chi connectivity index (χ3v) is 5.52. The van der Waals surface area contributed by atoms with Crippen LogP contribution in [0.1, 0.15) is 29.8 Å². The highest BCUT2D eigenvalue weighted by Crippen LogP contribution is 2.10. The number of nitrogens with one attached hydrogen (secondary N) is 3. The third kappa shape index (κ3) is 6.93. The van der Waals surface area contributed by atoms with Gasteiger partial charge in [-0.3, -0.25) is 14.5 Å². The molecule has 1 aromatic carbocycles. The summed E-state index contributed by atoms with van der Waals surface area (Å²) in [6, 6.07) is 7.84. The lowest BCUT2D eigenvalue weighted by atomic mass is 10.1. The van der Waals surface area contributed by atoms with Crippen LogP contribution < -0.4 is 16.0 Å². The monoisotopic (exact) mass is 430 g/mol. The number of benzene rings is 1. The van der Waals surface area contributed by atoms with E-state index in [4.69, 9.17) is 4.74 Å². The molecule has 2 fully saturated rings. The second kappa shape index (κ2) is 11.7. The molecule has 2 aliphatic rings. The number of guanidine groups is 1. The first-order valence-corrected chi connectivity index (χ1v) is 11.1. The van der Waals surface area contributed by atoms with Crippen LogP contribution in [-0.4, -0.2) is 92.6 Å². The SMILES string of the molecule is CCNC(=NCc1ccc(C(=O)N2CCNC(=O)C2)cc1)NCC(C)N1CCOCC1. The van der Waals surface area contributed by atoms with Crippen molar-refractivity contribution in [2.75, 3.05) is 59.0 Å². The van der Waals surface area contributed by atoms with Crippen molar-refractivity contribution >= 4 is 17.8 Å². The van der Waals surface area contributed by atoms with E-state index in [2.05, 4.69) is 32.8 Å². The molecule has 0 aliphatic carbocycles. The maximum Gasteiger partial charge on any atom is 0.254 e. The lowest BCUT2D eigenvalue weighted by molar-refractivity contribution is -0.123. The molecule has 1 atom stereocenters. The van der Waals surface area contributed by atoms with Gasteiger partial charge in [-0.05, 0) is 31.5 Å². The van der Waals surface area contributed by atoms with Crippen LogP contribution in [0.25, 0.3) is 0 Å². The van der Waals surface area contributed by atoms with Crippen molar-refractivity contribution in [2.24, 2.45) is 4.99 Å². The molecule has 3 N–H and O–H groups in total. The maximum atomic E-state index is 12.6. The Balaban J connectivity index is 1.52. The Labute approximate surface area is 184 Å². The van der Waals surface area contributed by atoms with Crippen molar-refractivity contribution in [1.29, 1.82) is 0 Å². The number of morpholine rings is 1. The summed E-state index contributed by atoms with van der Waals surface area (Å²) < 4.78 is 5.42. The maximum absolute atomic E-state index is 12.6. The molecular formula is C22H34N6O3. The molecular weight excluding hydrogens is 396 g/mol. The highest BCUT2D eigenvalue weighted by molar-refractivity contribution is 5.97. The van der Waals surface area contributed by atoms with Gasteiger partial charge in [0.1, 0.15) is 0 Å².